The van der Waals surface area contributed by atoms with Crippen LogP contribution in [0.15, 0.2) is 24.3 Å². The second kappa shape index (κ2) is 8.32. The molecule has 118 valence electrons. The summed E-state index contributed by atoms with van der Waals surface area (Å²) < 4.78 is 18.1. The van der Waals surface area contributed by atoms with Crippen LogP contribution < -0.4 is 10.1 Å². The highest BCUT2D eigenvalue weighted by molar-refractivity contribution is 5.22. The summed E-state index contributed by atoms with van der Waals surface area (Å²) in [5.74, 6) is 0.726. The van der Waals surface area contributed by atoms with Gasteiger partial charge in [-0.25, -0.2) is 4.39 Å². The molecule has 1 aliphatic carbocycles. The molecule has 0 bridgehead atoms. The maximum absolute atomic E-state index is 12.7. The van der Waals surface area contributed by atoms with E-state index in [0.717, 1.165) is 32.2 Å². The summed E-state index contributed by atoms with van der Waals surface area (Å²) >= 11 is 0. The molecule has 3 atom stereocenters. The first-order valence-electron chi connectivity index (χ1n) is 7.58. The van der Waals surface area contributed by atoms with Crippen LogP contribution in [0.25, 0.3) is 0 Å². The van der Waals surface area contributed by atoms with Crippen LogP contribution in [0.4, 0.5) is 4.39 Å². The molecule has 5 heteroatoms. The quantitative estimate of drug-likeness (QED) is 0.717. The largest absolute Gasteiger partial charge is 0.491 e. The molecule has 3 unspecified atom stereocenters. The molecule has 2 rings (SSSR count). The first-order valence-corrected chi connectivity index (χ1v) is 7.58. The van der Waals surface area contributed by atoms with Crippen molar-refractivity contribution < 1.29 is 19.3 Å². The molecule has 0 spiro atoms. The standard InChI is InChI=1S/C16H24FNO3/c17-13-4-6-16(7-5-13)21-11-15(20)10-18-9-12-2-1-3-14(19)8-12/h4-7,12,14-15,18-20H,1-3,8-11H2. The second-order valence-corrected chi connectivity index (χ2v) is 5.76. The third kappa shape index (κ3) is 5.99. The normalized spacial score (nSPS) is 23.8. The van der Waals surface area contributed by atoms with Crippen molar-refractivity contribution in [1.82, 2.24) is 5.32 Å². The molecule has 1 aromatic rings. The molecule has 1 fully saturated rings. The number of ether oxygens (including phenoxy) is 1. The smallest absolute Gasteiger partial charge is 0.123 e. The molecule has 21 heavy (non-hydrogen) atoms. The lowest BCUT2D eigenvalue weighted by Gasteiger charge is -2.26. The van der Waals surface area contributed by atoms with Crippen LogP contribution in [0.3, 0.4) is 0 Å². The van der Waals surface area contributed by atoms with E-state index in [2.05, 4.69) is 5.32 Å². The summed E-state index contributed by atoms with van der Waals surface area (Å²) in [4.78, 5) is 0. The number of benzene rings is 1. The first-order chi connectivity index (χ1) is 10.1. The summed E-state index contributed by atoms with van der Waals surface area (Å²) in [5.41, 5.74) is 0. The van der Waals surface area contributed by atoms with E-state index in [-0.39, 0.29) is 18.5 Å². The van der Waals surface area contributed by atoms with E-state index < -0.39 is 6.10 Å². The number of hydrogen-bond acceptors (Lipinski definition) is 4. The molecule has 0 radical (unpaired) electrons. The summed E-state index contributed by atoms with van der Waals surface area (Å²) in [7, 11) is 0. The highest BCUT2D eigenvalue weighted by atomic mass is 19.1. The van der Waals surface area contributed by atoms with E-state index in [0.29, 0.717) is 18.2 Å². The van der Waals surface area contributed by atoms with Crippen molar-refractivity contribution >= 4 is 0 Å². The Kier molecular flexibility index (Phi) is 6.42. The maximum Gasteiger partial charge on any atom is 0.123 e. The van der Waals surface area contributed by atoms with E-state index in [9.17, 15) is 14.6 Å². The minimum atomic E-state index is -0.608. The van der Waals surface area contributed by atoms with Crippen molar-refractivity contribution in [3.05, 3.63) is 30.1 Å². The predicted molar refractivity (Wildman–Crippen MR) is 78.7 cm³/mol. The van der Waals surface area contributed by atoms with Crippen LogP contribution in [0.5, 0.6) is 5.75 Å². The Morgan fingerprint density at radius 3 is 2.76 bits per heavy atom. The van der Waals surface area contributed by atoms with E-state index in [1.54, 1.807) is 12.1 Å². The topological polar surface area (TPSA) is 61.7 Å². The van der Waals surface area contributed by atoms with Gasteiger partial charge in [0.05, 0.1) is 6.10 Å². The lowest BCUT2D eigenvalue weighted by Crippen LogP contribution is -2.36. The Hall–Kier alpha value is -1.17. The van der Waals surface area contributed by atoms with Crippen molar-refractivity contribution in [2.24, 2.45) is 5.92 Å². The fourth-order valence-electron chi connectivity index (χ4n) is 2.68. The molecular formula is C16H24FNO3. The van der Waals surface area contributed by atoms with Crippen molar-refractivity contribution in [3.8, 4) is 5.75 Å². The van der Waals surface area contributed by atoms with E-state index in [1.165, 1.54) is 12.1 Å². The van der Waals surface area contributed by atoms with Crippen LogP contribution in [0.2, 0.25) is 0 Å². The zero-order valence-corrected chi connectivity index (χ0v) is 12.2. The van der Waals surface area contributed by atoms with Crippen LogP contribution >= 0.6 is 0 Å². The average molecular weight is 297 g/mol. The average Bonchev–Trinajstić information content (AvgIpc) is 2.47. The second-order valence-electron chi connectivity index (χ2n) is 5.76. The summed E-state index contributed by atoms with van der Waals surface area (Å²) in [6, 6.07) is 5.74. The minimum absolute atomic E-state index is 0.169. The number of rotatable bonds is 7. The maximum atomic E-state index is 12.7. The fourth-order valence-corrected chi connectivity index (χ4v) is 2.68. The van der Waals surface area contributed by atoms with Gasteiger partial charge in [-0.3, -0.25) is 0 Å². The molecular weight excluding hydrogens is 273 g/mol. The van der Waals surface area contributed by atoms with E-state index in [1.807, 2.05) is 0 Å². The van der Waals surface area contributed by atoms with E-state index >= 15 is 0 Å². The highest BCUT2D eigenvalue weighted by Crippen LogP contribution is 2.23. The zero-order valence-electron chi connectivity index (χ0n) is 12.2. The molecule has 1 aromatic carbocycles. The predicted octanol–water partition coefficient (Wildman–Crippen LogP) is 1.71. The molecule has 3 N–H and O–H groups in total. The van der Waals surface area contributed by atoms with Gasteiger partial charge in [-0.2, -0.15) is 0 Å². The van der Waals surface area contributed by atoms with Crippen molar-refractivity contribution in [2.75, 3.05) is 19.7 Å². The van der Waals surface area contributed by atoms with Gasteiger partial charge in [0, 0.05) is 6.54 Å². The first kappa shape index (κ1) is 16.2. The van der Waals surface area contributed by atoms with Crippen LogP contribution in [0.1, 0.15) is 25.7 Å². The molecule has 1 aliphatic rings. The number of aliphatic hydroxyl groups excluding tert-OH is 2. The lowest BCUT2D eigenvalue weighted by atomic mass is 9.87. The molecule has 0 saturated heterocycles. The van der Waals surface area contributed by atoms with Crippen molar-refractivity contribution in [2.45, 2.75) is 37.9 Å². The molecule has 0 aliphatic heterocycles. The number of hydrogen-bond donors (Lipinski definition) is 3. The van der Waals surface area contributed by atoms with Gasteiger partial charge in [-0.1, -0.05) is 6.42 Å². The Labute approximate surface area is 124 Å². The molecule has 0 aromatic heterocycles. The Bertz CT molecular complexity index is 412. The van der Waals surface area contributed by atoms with Gasteiger partial charge < -0.3 is 20.3 Å². The number of nitrogens with one attached hydrogen (secondary N) is 1. The van der Waals surface area contributed by atoms with Gasteiger partial charge in [-0.15, -0.1) is 0 Å². The van der Waals surface area contributed by atoms with Crippen LogP contribution in [-0.4, -0.2) is 42.1 Å². The van der Waals surface area contributed by atoms with Crippen LogP contribution in [0, 0.1) is 11.7 Å². The van der Waals surface area contributed by atoms with E-state index in [4.69, 9.17) is 4.74 Å². The minimum Gasteiger partial charge on any atom is -0.491 e. The highest BCUT2D eigenvalue weighted by Gasteiger charge is 2.19. The molecule has 4 nitrogen and oxygen atoms in total. The number of halogens is 1. The molecule has 0 heterocycles. The van der Waals surface area contributed by atoms with Crippen molar-refractivity contribution in [1.29, 1.82) is 0 Å². The van der Waals surface area contributed by atoms with Crippen LogP contribution in [-0.2, 0) is 0 Å². The Morgan fingerprint density at radius 1 is 1.29 bits per heavy atom. The van der Waals surface area contributed by atoms with Gasteiger partial charge in [-0.05, 0) is 56.0 Å². The number of aliphatic hydroxyl groups is 2. The van der Waals surface area contributed by atoms with Gasteiger partial charge in [0.1, 0.15) is 24.3 Å². The monoisotopic (exact) mass is 297 g/mol. The molecule has 0 amide bonds. The lowest BCUT2D eigenvalue weighted by molar-refractivity contribution is 0.0903. The summed E-state index contributed by atoms with van der Waals surface area (Å²) in [6.07, 6.45) is 3.18. The van der Waals surface area contributed by atoms with Gasteiger partial charge in [0.25, 0.3) is 0 Å². The van der Waals surface area contributed by atoms with Gasteiger partial charge in [0.2, 0.25) is 0 Å². The third-order valence-corrected chi connectivity index (χ3v) is 3.82. The third-order valence-electron chi connectivity index (χ3n) is 3.82. The summed E-state index contributed by atoms with van der Waals surface area (Å²) in [6.45, 7) is 1.43. The SMILES string of the molecule is OC(CNCC1CCCC(O)C1)COc1ccc(F)cc1. The zero-order chi connectivity index (χ0) is 15.1. The fraction of sp³-hybridized carbons (Fsp3) is 0.625. The van der Waals surface area contributed by atoms with Crippen molar-refractivity contribution in [3.63, 3.8) is 0 Å². The Morgan fingerprint density at radius 2 is 2.05 bits per heavy atom. The van der Waals surface area contributed by atoms with Gasteiger partial charge >= 0.3 is 0 Å². The summed E-state index contributed by atoms with van der Waals surface area (Å²) in [5, 5.41) is 22.6. The van der Waals surface area contributed by atoms with Gasteiger partial charge in [0.15, 0.2) is 0 Å². The Balaban J connectivity index is 1.59. The molecule has 1 saturated carbocycles.